The molecule has 1 aromatic heterocycles. The van der Waals surface area contributed by atoms with Crippen molar-refractivity contribution in [2.45, 2.75) is 0 Å². The molecule has 8 nitrogen and oxygen atoms in total. The maximum absolute atomic E-state index is 11.9. The third-order valence-electron chi connectivity index (χ3n) is 3.71. The SMILES string of the molecule is O=C(/C=C/c1cnc2ccccc2n1)NCCNc1ccccc1[N+](=O)[O-]. The van der Waals surface area contributed by atoms with Gasteiger partial charge in [-0.2, -0.15) is 0 Å². The highest BCUT2D eigenvalue weighted by molar-refractivity contribution is 5.91. The number of benzene rings is 2. The van der Waals surface area contributed by atoms with Gasteiger partial charge >= 0.3 is 0 Å². The predicted molar refractivity (Wildman–Crippen MR) is 103 cm³/mol. The molecule has 0 unspecified atom stereocenters. The topological polar surface area (TPSA) is 110 Å². The Labute approximate surface area is 155 Å². The summed E-state index contributed by atoms with van der Waals surface area (Å²) in [5.41, 5.74) is 2.55. The number of hydrogen-bond acceptors (Lipinski definition) is 6. The van der Waals surface area contributed by atoms with Crippen LogP contribution in [-0.2, 0) is 4.79 Å². The van der Waals surface area contributed by atoms with Gasteiger partial charge in [0.15, 0.2) is 0 Å². The van der Waals surface area contributed by atoms with Gasteiger partial charge in [0, 0.05) is 25.2 Å². The standard InChI is InChI=1S/C19H17N5O3/c25-19(10-9-14-13-22-15-5-1-2-6-16(15)23-14)21-12-11-20-17-7-3-4-8-18(17)24(26)27/h1-10,13,20H,11-12H2,(H,21,25)/b10-9+. The van der Waals surface area contributed by atoms with Crippen molar-refractivity contribution in [3.63, 3.8) is 0 Å². The number of anilines is 1. The van der Waals surface area contributed by atoms with Crippen LogP contribution in [-0.4, -0.2) is 33.9 Å². The van der Waals surface area contributed by atoms with Crippen LogP contribution in [0, 0.1) is 10.1 Å². The molecule has 8 heteroatoms. The maximum Gasteiger partial charge on any atom is 0.292 e. The largest absolute Gasteiger partial charge is 0.378 e. The molecule has 0 aliphatic rings. The Morgan fingerprint density at radius 1 is 1.07 bits per heavy atom. The summed E-state index contributed by atoms with van der Waals surface area (Å²) >= 11 is 0. The first-order chi connectivity index (χ1) is 13.1. The number of hydrogen-bond donors (Lipinski definition) is 2. The van der Waals surface area contributed by atoms with Crippen LogP contribution in [0.3, 0.4) is 0 Å². The number of carbonyl (C=O) groups is 1. The lowest BCUT2D eigenvalue weighted by atomic mass is 10.2. The number of rotatable bonds is 7. The van der Waals surface area contributed by atoms with Crippen LogP contribution in [0.5, 0.6) is 0 Å². The molecule has 0 saturated heterocycles. The first-order valence-corrected chi connectivity index (χ1v) is 8.28. The molecule has 0 bridgehead atoms. The van der Waals surface area contributed by atoms with Gasteiger partial charge in [0.05, 0.1) is 27.8 Å². The van der Waals surface area contributed by atoms with Crippen molar-refractivity contribution in [1.82, 2.24) is 15.3 Å². The van der Waals surface area contributed by atoms with Gasteiger partial charge in [-0.15, -0.1) is 0 Å². The van der Waals surface area contributed by atoms with Crippen molar-refractivity contribution in [3.05, 3.63) is 76.6 Å². The molecule has 1 amide bonds. The Balaban J connectivity index is 1.49. The van der Waals surface area contributed by atoms with E-state index in [1.165, 1.54) is 12.1 Å². The Hall–Kier alpha value is -3.81. The molecular weight excluding hydrogens is 346 g/mol. The van der Waals surface area contributed by atoms with Crippen molar-refractivity contribution in [2.75, 3.05) is 18.4 Å². The summed E-state index contributed by atoms with van der Waals surface area (Å²) in [6.45, 7) is 0.679. The summed E-state index contributed by atoms with van der Waals surface area (Å²) in [7, 11) is 0. The zero-order chi connectivity index (χ0) is 19.1. The molecule has 3 rings (SSSR count). The third-order valence-corrected chi connectivity index (χ3v) is 3.71. The second-order valence-electron chi connectivity index (χ2n) is 5.61. The molecule has 1 heterocycles. The van der Waals surface area contributed by atoms with Gasteiger partial charge in [0.1, 0.15) is 5.69 Å². The Kier molecular flexibility index (Phi) is 5.68. The second kappa shape index (κ2) is 8.52. The molecule has 2 aromatic carbocycles. The molecule has 2 N–H and O–H groups in total. The molecule has 0 aliphatic heterocycles. The van der Waals surface area contributed by atoms with E-state index in [1.807, 2.05) is 24.3 Å². The number of nitrogens with one attached hydrogen (secondary N) is 2. The second-order valence-corrected chi connectivity index (χ2v) is 5.61. The summed E-state index contributed by atoms with van der Waals surface area (Å²) in [5.74, 6) is -0.283. The Morgan fingerprint density at radius 3 is 2.63 bits per heavy atom. The number of carbonyl (C=O) groups excluding carboxylic acids is 1. The minimum absolute atomic E-state index is 0.00130. The van der Waals surface area contributed by atoms with E-state index in [2.05, 4.69) is 20.6 Å². The normalized spacial score (nSPS) is 10.8. The van der Waals surface area contributed by atoms with Crippen LogP contribution < -0.4 is 10.6 Å². The summed E-state index contributed by atoms with van der Waals surface area (Å²) < 4.78 is 0. The predicted octanol–water partition coefficient (Wildman–Crippen LogP) is 2.78. The summed E-state index contributed by atoms with van der Waals surface area (Å²) in [6, 6.07) is 13.8. The van der Waals surface area contributed by atoms with Gasteiger partial charge < -0.3 is 10.6 Å². The molecule has 27 heavy (non-hydrogen) atoms. The quantitative estimate of drug-likeness (QED) is 0.289. The van der Waals surface area contributed by atoms with Crippen LogP contribution in [0.4, 0.5) is 11.4 Å². The molecule has 0 spiro atoms. The lowest BCUT2D eigenvalue weighted by Gasteiger charge is -2.07. The zero-order valence-electron chi connectivity index (χ0n) is 14.3. The van der Waals surface area contributed by atoms with Gasteiger partial charge in [-0.25, -0.2) is 4.98 Å². The highest BCUT2D eigenvalue weighted by Crippen LogP contribution is 2.22. The number of amides is 1. The molecule has 0 fully saturated rings. The van der Waals surface area contributed by atoms with E-state index in [9.17, 15) is 14.9 Å². The number of nitro benzene ring substituents is 1. The zero-order valence-corrected chi connectivity index (χ0v) is 14.3. The Bertz CT molecular complexity index is 1000. The van der Waals surface area contributed by atoms with E-state index in [-0.39, 0.29) is 11.6 Å². The number of para-hydroxylation sites is 4. The third kappa shape index (κ3) is 4.85. The summed E-state index contributed by atoms with van der Waals surface area (Å²) in [5, 5.41) is 16.6. The fourth-order valence-electron chi connectivity index (χ4n) is 2.44. The lowest BCUT2D eigenvalue weighted by Crippen LogP contribution is -2.27. The van der Waals surface area contributed by atoms with E-state index >= 15 is 0 Å². The van der Waals surface area contributed by atoms with Crippen LogP contribution in [0.2, 0.25) is 0 Å². The van der Waals surface area contributed by atoms with Gasteiger partial charge in [-0.05, 0) is 24.3 Å². The molecule has 3 aromatic rings. The van der Waals surface area contributed by atoms with E-state index in [4.69, 9.17) is 0 Å². The average Bonchev–Trinajstić information content (AvgIpc) is 2.69. The van der Waals surface area contributed by atoms with Crippen LogP contribution in [0.1, 0.15) is 5.69 Å². The molecule has 0 saturated carbocycles. The van der Waals surface area contributed by atoms with Crippen LogP contribution >= 0.6 is 0 Å². The van der Waals surface area contributed by atoms with Gasteiger partial charge in [0.2, 0.25) is 5.91 Å². The number of nitrogens with zero attached hydrogens (tertiary/aromatic N) is 3. The Morgan fingerprint density at radius 2 is 1.81 bits per heavy atom. The first-order valence-electron chi connectivity index (χ1n) is 8.28. The maximum atomic E-state index is 11.9. The molecule has 0 atom stereocenters. The van der Waals surface area contributed by atoms with E-state index in [0.29, 0.717) is 24.5 Å². The van der Waals surface area contributed by atoms with Gasteiger partial charge in [-0.1, -0.05) is 24.3 Å². The number of fused-ring (bicyclic) bond motifs is 1. The van der Waals surface area contributed by atoms with Crippen molar-refractivity contribution < 1.29 is 9.72 Å². The van der Waals surface area contributed by atoms with Crippen molar-refractivity contribution >= 4 is 34.4 Å². The van der Waals surface area contributed by atoms with Crippen molar-refractivity contribution in [2.24, 2.45) is 0 Å². The van der Waals surface area contributed by atoms with Crippen LogP contribution in [0.25, 0.3) is 17.1 Å². The van der Waals surface area contributed by atoms with Crippen molar-refractivity contribution in [3.8, 4) is 0 Å². The van der Waals surface area contributed by atoms with E-state index in [1.54, 1.807) is 30.5 Å². The monoisotopic (exact) mass is 363 g/mol. The number of nitro groups is 1. The molecular formula is C19H17N5O3. The summed E-state index contributed by atoms with van der Waals surface area (Å²) in [6.07, 6.45) is 4.57. The minimum Gasteiger partial charge on any atom is -0.378 e. The van der Waals surface area contributed by atoms with E-state index in [0.717, 1.165) is 11.0 Å². The highest BCUT2D eigenvalue weighted by Gasteiger charge is 2.11. The van der Waals surface area contributed by atoms with E-state index < -0.39 is 4.92 Å². The summed E-state index contributed by atoms with van der Waals surface area (Å²) in [4.78, 5) is 31.1. The van der Waals surface area contributed by atoms with Crippen molar-refractivity contribution in [1.29, 1.82) is 0 Å². The van der Waals surface area contributed by atoms with Crippen LogP contribution in [0.15, 0.2) is 60.8 Å². The minimum atomic E-state index is -0.450. The molecule has 0 aliphatic carbocycles. The molecule has 136 valence electrons. The molecule has 0 radical (unpaired) electrons. The van der Waals surface area contributed by atoms with Gasteiger partial charge in [-0.3, -0.25) is 19.9 Å². The fourth-order valence-corrected chi connectivity index (χ4v) is 2.44. The average molecular weight is 363 g/mol. The highest BCUT2D eigenvalue weighted by atomic mass is 16.6. The number of aromatic nitrogens is 2. The smallest absolute Gasteiger partial charge is 0.292 e. The van der Waals surface area contributed by atoms with Gasteiger partial charge in [0.25, 0.3) is 5.69 Å². The first kappa shape index (κ1) is 18.0. The fraction of sp³-hybridized carbons (Fsp3) is 0.105. The lowest BCUT2D eigenvalue weighted by molar-refractivity contribution is -0.384.